The highest BCUT2D eigenvalue weighted by Crippen LogP contribution is 2.46. The number of ether oxygens (including phenoxy) is 3. The van der Waals surface area contributed by atoms with Crippen LogP contribution in [0.1, 0.15) is 41.8 Å². The number of nitrogens with two attached hydrogens (primary N) is 2. The Morgan fingerprint density at radius 2 is 1.81 bits per heavy atom. The monoisotopic (exact) mass is 512 g/mol. The van der Waals surface area contributed by atoms with Crippen molar-refractivity contribution in [3.8, 4) is 11.5 Å². The van der Waals surface area contributed by atoms with E-state index in [1.807, 2.05) is 0 Å². The van der Waals surface area contributed by atoms with Gasteiger partial charge >= 0.3 is 6.18 Å². The van der Waals surface area contributed by atoms with Crippen LogP contribution in [0.3, 0.4) is 0 Å². The second-order valence-corrected chi connectivity index (χ2v) is 8.65. The molecule has 0 radical (unpaired) electrons. The first-order valence-corrected chi connectivity index (χ1v) is 11.1. The van der Waals surface area contributed by atoms with Gasteiger partial charge in [-0.1, -0.05) is 6.92 Å². The molecule has 4 rings (SSSR count). The highest BCUT2D eigenvalue weighted by atomic mass is 19.4. The Balaban J connectivity index is 1.81. The highest BCUT2D eigenvalue weighted by Gasteiger charge is 2.58. The molecule has 36 heavy (non-hydrogen) atoms. The molecule has 7 nitrogen and oxygen atoms in total. The summed E-state index contributed by atoms with van der Waals surface area (Å²) in [7, 11) is 1.39. The Morgan fingerprint density at radius 3 is 2.42 bits per heavy atom. The van der Waals surface area contributed by atoms with Crippen LogP contribution in [0.15, 0.2) is 24.3 Å². The molecule has 12 heteroatoms. The normalized spacial score (nSPS) is 17.7. The summed E-state index contributed by atoms with van der Waals surface area (Å²) in [5.74, 6) is -2.69. The Hall–Kier alpha value is -3.41. The van der Waals surface area contributed by atoms with Crippen molar-refractivity contribution in [2.24, 2.45) is 0 Å². The third-order valence-corrected chi connectivity index (χ3v) is 5.96. The average molecular weight is 512 g/mol. The topological polar surface area (TPSA) is 106 Å². The molecule has 1 fully saturated rings. The van der Waals surface area contributed by atoms with E-state index in [4.69, 9.17) is 25.7 Å². The number of benzene rings is 2. The SMILES string of the molecule is COc1cc2nc(C)nc(N)c2c([C@H](C)c2cc(N)cc(C(F)(F)F)c2)c1OCCOC1CC1(F)F. The average Bonchev–Trinajstić information content (AvgIpc) is 3.40. The number of rotatable bonds is 8. The smallest absolute Gasteiger partial charge is 0.416 e. The zero-order chi connectivity index (χ0) is 26.4. The third-order valence-electron chi connectivity index (χ3n) is 5.96. The van der Waals surface area contributed by atoms with Crippen LogP contribution in [0, 0.1) is 6.92 Å². The Morgan fingerprint density at radius 1 is 1.11 bits per heavy atom. The molecule has 0 bridgehead atoms. The van der Waals surface area contributed by atoms with Gasteiger partial charge in [0.2, 0.25) is 0 Å². The lowest BCUT2D eigenvalue weighted by atomic mass is 9.88. The number of methoxy groups -OCH3 is 1. The molecular formula is C24H25F5N4O3. The van der Waals surface area contributed by atoms with Gasteiger partial charge in [0.05, 0.1) is 30.2 Å². The molecule has 194 valence electrons. The van der Waals surface area contributed by atoms with Crippen molar-refractivity contribution in [1.82, 2.24) is 9.97 Å². The quantitative estimate of drug-likeness (QED) is 0.246. The number of hydrogen-bond acceptors (Lipinski definition) is 7. The molecular weight excluding hydrogens is 487 g/mol. The first-order valence-electron chi connectivity index (χ1n) is 11.1. The molecule has 2 aromatic carbocycles. The maximum absolute atomic E-state index is 13.5. The number of fused-ring (bicyclic) bond motifs is 1. The van der Waals surface area contributed by atoms with Gasteiger partial charge in [-0.3, -0.25) is 0 Å². The van der Waals surface area contributed by atoms with Crippen molar-refractivity contribution in [2.75, 3.05) is 31.8 Å². The van der Waals surface area contributed by atoms with Crippen LogP contribution < -0.4 is 20.9 Å². The van der Waals surface area contributed by atoms with Gasteiger partial charge in [-0.05, 0) is 30.7 Å². The van der Waals surface area contributed by atoms with E-state index in [1.165, 1.54) is 13.2 Å². The maximum atomic E-state index is 13.5. The number of aryl methyl sites for hydroxylation is 1. The predicted molar refractivity (Wildman–Crippen MR) is 123 cm³/mol. The lowest BCUT2D eigenvalue weighted by Gasteiger charge is -2.23. The third kappa shape index (κ3) is 5.08. The number of anilines is 2. The van der Waals surface area contributed by atoms with E-state index >= 15 is 0 Å². The summed E-state index contributed by atoms with van der Waals surface area (Å²) in [6, 6.07) is 4.85. The van der Waals surface area contributed by atoms with Gasteiger partial charge in [-0.25, -0.2) is 18.7 Å². The van der Waals surface area contributed by atoms with E-state index in [-0.39, 0.29) is 48.2 Å². The lowest BCUT2D eigenvalue weighted by molar-refractivity contribution is -0.137. The molecule has 1 aromatic heterocycles. The summed E-state index contributed by atoms with van der Waals surface area (Å²) < 4.78 is 83.3. The fraction of sp³-hybridized carbons (Fsp3) is 0.417. The molecule has 0 amide bonds. The Kier molecular flexibility index (Phi) is 6.58. The molecule has 0 saturated heterocycles. The van der Waals surface area contributed by atoms with Crippen LogP contribution in [0.2, 0.25) is 0 Å². The minimum atomic E-state index is -4.61. The van der Waals surface area contributed by atoms with E-state index < -0.39 is 29.7 Å². The first-order chi connectivity index (χ1) is 16.8. The Labute approximate surface area is 203 Å². The van der Waals surface area contributed by atoms with Gasteiger partial charge in [-0.15, -0.1) is 0 Å². The Bertz CT molecular complexity index is 1300. The van der Waals surface area contributed by atoms with Crippen molar-refractivity contribution < 1.29 is 36.2 Å². The molecule has 1 aliphatic rings. The number of aromatic nitrogens is 2. The molecule has 3 aromatic rings. The second kappa shape index (κ2) is 9.23. The largest absolute Gasteiger partial charge is 0.493 e. The fourth-order valence-electron chi connectivity index (χ4n) is 4.11. The number of nitrogen functional groups attached to an aromatic ring is 2. The van der Waals surface area contributed by atoms with E-state index in [1.54, 1.807) is 19.9 Å². The standard InChI is InChI=1S/C24H25F5N4O3/c1-11(13-6-14(24(27,28)29)8-15(30)7-13)19-20-16(32-12(2)33-22(20)31)9-17(34-3)21(19)36-5-4-35-18-10-23(18,25)26/h6-9,11,18H,4-5,10,30H2,1-3H3,(H2,31,32,33)/t11-,18?/m1/s1. The van der Waals surface area contributed by atoms with Crippen LogP contribution in [-0.4, -0.2) is 42.3 Å². The summed E-state index contributed by atoms with van der Waals surface area (Å²) in [5, 5.41) is 0.370. The number of nitrogens with zero attached hydrogens (tertiary/aromatic N) is 2. The number of alkyl halides is 5. The van der Waals surface area contributed by atoms with E-state index in [0.717, 1.165) is 12.1 Å². The lowest BCUT2D eigenvalue weighted by Crippen LogP contribution is -2.14. The van der Waals surface area contributed by atoms with Crippen LogP contribution in [0.4, 0.5) is 33.5 Å². The second-order valence-electron chi connectivity index (χ2n) is 8.65. The minimum absolute atomic E-state index is 0.0693. The molecule has 2 atom stereocenters. The zero-order valence-corrected chi connectivity index (χ0v) is 19.7. The van der Waals surface area contributed by atoms with E-state index in [9.17, 15) is 22.0 Å². The van der Waals surface area contributed by atoms with Gasteiger partial charge in [0.1, 0.15) is 24.4 Å². The van der Waals surface area contributed by atoms with Crippen LogP contribution in [-0.2, 0) is 10.9 Å². The molecule has 1 heterocycles. The highest BCUT2D eigenvalue weighted by molar-refractivity contribution is 5.95. The zero-order valence-electron chi connectivity index (χ0n) is 19.7. The molecule has 1 aliphatic carbocycles. The fourth-order valence-corrected chi connectivity index (χ4v) is 4.11. The molecule has 0 spiro atoms. The predicted octanol–water partition coefficient (Wildman–Crippen LogP) is 5.08. The van der Waals surface area contributed by atoms with Gasteiger partial charge in [0.25, 0.3) is 5.92 Å². The van der Waals surface area contributed by atoms with Gasteiger partial charge in [0, 0.05) is 29.7 Å². The van der Waals surface area contributed by atoms with Gasteiger partial charge < -0.3 is 25.7 Å². The van der Waals surface area contributed by atoms with Crippen molar-refractivity contribution in [3.63, 3.8) is 0 Å². The molecule has 4 N–H and O–H groups in total. The van der Waals surface area contributed by atoms with Crippen LogP contribution >= 0.6 is 0 Å². The van der Waals surface area contributed by atoms with E-state index in [2.05, 4.69) is 9.97 Å². The van der Waals surface area contributed by atoms with E-state index in [0.29, 0.717) is 22.3 Å². The maximum Gasteiger partial charge on any atom is 0.416 e. The number of halogens is 5. The van der Waals surface area contributed by atoms with Crippen LogP contribution in [0.25, 0.3) is 10.9 Å². The minimum Gasteiger partial charge on any atom is -0.493 e. The summed E-state index contributed by atoms with van der Waals surface area (Å²) in [4.78, 5) is 8.61. The molecule has 1 unspecified atom stereocenters. The van der Waals surface area contributed by atoms with Crippen molar-refractivity contribution in [3.05, 3.63) is 46.8 Å². The summed E-state index contributed by atoms with van der Waals surface area (Å²) in [6.07, 6.45) is -6.11. The summed E-state index contributed by atoms with van der Waals surface area (Å²) >= 11 is 0. The number of hydrogen-bond donors (Lipinski definition) is 2. The van der Waals surface area contributed by atoms with Crippen molar-refractivity contribution in [2.45, 2.75) is 44.4 Å². The summed E-state index contributed by atoms with van der Waals surface area (Å²) in [6.45, 7) is 3.06. The molecule has 1 saturated carbocycles. The van der Waals surface area contributed by atoms with Gasteiger partial charge in [-0.2, -0.15) is 13.2 Å². The molecule has 0 aliphatic heterocycles. The summed E-state index contributed by atoms with van der Waals surface area (Å²) in [5.41, 5.74) is 12.1. The van der Waals surface area contributed by atoms with Crippen molar-refractivity contribution >= 4 is 22.4 Å². The van der Waals surface area contributed by atoms with Crippen LogP contribution in [0.5, 0.6) is 11.5 Å². The van der Waals surface area contributed by atoms with Gasteiger partial charge in [0.15, 0.2) is 11.5 Å². The first kappa shape index (κ1) is 25.7. The van der Waals surface area contributed by atoms with Crippen molar-refractivity contribution in [1.29, 1.82) is 0 Å².